The van der Waals surface area contributed by atoms with Crippen LogP contribution in [0, 0.1) is 15.9 Å². The molecule has 1 aliphatic rings. The number of nitro groups is 1. The average molecular weight is 223 g/mol. The Kier molecular flexibility index (Phi) is 2.55. The van der Waals surface area contributed by atoms with E-state index in [2.05, 4.69) is 4.99 Å². The molecule has 0 bridgehead atoms. The quantitative estimate of drug-likeness (QED) is 0.562. The number of halogens is 1. The van der Waals surface area contributed by atoms with Gasteiger partial charge in [-0.1, -0.05) is 0 Å². The van der Waals surface area contributed by atoms with Gasteiger partial charge in [0.1, 0.15) is 11.7 Å². The molecule has 0 unspecified atom stereocenters. The molecular formula is C10H10FN3O2. The first-order valence-electron chi connectivity index (χ1n) is 4.79. The number of nitro benzene ring substituents is 1. The standard InChI is InChI=1S/C10H10FN3O2/c1-13-5-4-12-10(13)8-3-2-7(14(15)16)6-9(8)11/h2-3,6H,4-5H2,1H3. The molecule has 6 heteroatoms. The first-order chi connectivity index (χ1) is 7.59. The molecule has 0 spiro atoms. The van der Waals surface area contributed by atoms with Crippen molar-refractivity contribution in [3.8, 4) is 0 Å². The first kappa shape index (κ1) is 10.5. The molecule has 0 amide bonds. The lowest BCUT2D eigenvalue weighted by atomic mass is 10.1. The van der Waals surface area contributed by atoms with E-state index < -0.39 is 10.7 Å². The molecule has 0 saturated heterocycles. The van der Waals surface area contributed by atoms with Crippen LogP contribution in [0.5, 0.6) is 0 Å². The van der Waals surface area contributed by atoms with E-state index in [0.29, 0.717) is 17.9 Å². The van der Waals surface area contributed by atoms with E-state index in [-0.39, 0.29) is 5.69 Å². The molecule has 1 aromatic rings. The van der Waals surface area contributed by atoms with Crippen molar-refractivity contribution >= 4 is 11.5 Å². The van der Waals surface area contributed by atoms with Crippen molar-refractivity contribution in [2.45, 2.75) is 0 Å². The highest BCUT2D eigenvalue weighted by atomic mass is 19.1. The topological polar surface area (TPSA) is 58.7 Å². The minimum Gasteiger partial charge on any atom is -0.358 e. The summed E-state index contributed by atoms with van der Waals surface area (Å²) in [5.74, 6) is -0.0610. The number of aliphatic imine (C=N–C) groups is 1. The molecule has 0 aliphatic carbocycles. The van der Waals surface area contributed by atoms with E-state index in [1.807, 2.05) is 11.9 Å². The highest BCUT2D eigenvalue weighted by Crippen LogP contribution is 2.19. The maximum atomic E-state index is 13.6. The van der Waals surface area contributed by atoms with Gasteiger partial charge in [-0.2, -0.15) is 0 Å². The van der Waals surface area contributed by atoms with E-state index >= 15 is 0 Å². The molecule has 1 aliphatic heterocycles. The Hall–Kier alpha value is -1.98. The zero-order valence-electron chi connectivity index (χ0n) is 8.68. The van der Waals surface area contributed by atoms with Gasteiger partial charge in [-0.3, -0.25) is 15.1 Å². The van der Waals surface area contributed by atoms with Gasteiger partial charge in [-0.05, 0) is 6.07 Å². The predicted octanol–water partition coefficient (Wildman–Crippen LogP) is 1.43. The number of benzene rings is 1. The third kappa shape index (κ3) is 1.73. The molecule has 1 heterocycles. The van der Waals surface area contributed by atoms with Crippen LogP contribution >= 0.6 is 0 Å². The van der Waals surface area contributed by atoms with Crippen molar-refractivity contribution in [2.24, 2.45) is 4.99 Å². The lowest BCUT2D eigenvalue weighted by Gasteiger charge is -2.13. The normalized spacial score (nSPS) is 15.1. The summed E-state index contributed by atoms with van der Waals surface area (Å²) in [6.07, 6.45) is 0. The third-order valence-corrected chi connectivity index (χ3v) is 2.46. The summed E-state index contributed by atoms with van der Waals surface area (Å²) in [7, 11) is 1.81. The van der Waals surface area contributed by atoms with E-state index in [1.54, 1.807) is 0 Å². The fourth-order valence-corrected chi connectivity index (χ4v) is 1.62. The second kappa shape index (κ2) is 3.88. The Bertz CT molecular complexity index is 473. The van der Waals surface area contributed by atoms with E-state index in [4.69, 9.17) is 0 Å². The SMILES string of the molecule is CN1CCN=C1c1ccc([N+](=O)[O-])cc1F. The molecule has 5 nitrogen and oxygen atoms in total. The molecule has 1 aromatic carbocycles. The smallest absolute Gasteiger partial charge is 0.272 e. The van der Waals surface area contributed by atoms with Crippen LogP contribution in [-0.4, -0.2) is 35.8 Å². The molecule has 0 aromatic heterocycles. The number of rotatable bonds is 2. The highest BCUT2D eigenvalue weighted by molar-refractivity contribution is 6.00. The van der Waals surface area contributed by atoms with E-state index in [0.717, 1.165) is 12.6 Å². The number of hydrogen-bond donors (Lipinski definition) is 0. The van der Waals surface area contributed by atoms with Crippen molar-refractivity contribution in [2.75, 3.05) is 20.1 Å². The molecule has 0 N–H and O–H groups in total. The monoisotopic (exact) mass is 223 g/mol. The van der Waals surface area contributed by atoms with Gasteiger partial charge in [0.05, 0.1) is 23.1 Å². The number of nitrogens with zero attached hydrogens (tertiary/aromatic N) is 3. The van der Waals surface area contributed by atoms with Crippen LogP contribution in [0.25, 0.3) is 0 Å². The van der Waals surface area contributed by atoms with Crippen LogP contribution in [0.1, 0.15) is 5.56 Å². The predicted molar refractivity (Wildman–Crippen MR) is 57.1 cm³/mol. The fraction of sp³-hybridized carbons (Fsp3) is 0.300. The number of amidine groups is 1. The molecule has 84 valence electrons. The molecule has 16 heavy (non-hydrogen) atoms. The maximum Gasteiger partial charge on any atom is 0.272 e. The van der Waals surface area contributed by atoms with Gasteiger partial charge in [0.25, 0.3) is 5.69 Å². The summed E-state index contributed by atoms with van der Waals surface area (Å²) in [5.41, 5.74) is 0.0631. The Morgan fingerprint density at radius 3 is 2.81 bits per heavy atom. The van der Waals surface area contributed by atoms with Gasteiger partial charge in [0.2, 0.25) is 0 Å². The molecule has 0 saturated carbocycles. The minimum absolute atomic E-state index is 0.248. The Morgan fingerprint density at radius 1 is 1.56 bits per heavy atom. The van der Waals surface area contributed by atoms with Gasteiger partial charge in [0.15, 0.2) is 0 Å². The largest absolute Gasteiger partial charge is 0.358 e. The van der Waals surface area contributed by atoms with Gasteiger partial charge in [0, 0.05) is 19.7 Å². The Morgan fingerprint density at radius 2 is 2.31 bits per heavy atom. The lowest BCUT2D eigenvalue weighted by Crippen LogP contribution is -2.24. The molecule has 0 atom stereocenters. The van der Waals surface area contributed by atoms with E-state index in [9.17, 15) is 14.5 Å². The summed E-state index contributed by atoms with van der Waals surface area (Å²) in [6, 6.07) is 3.60. The van der Waals surface area contributed by atoms with Crippen molar-refractivity contribution in [3.63, 3.8) is 0 Å². The van der Waals surface area contributed by atoms with Crippen LogP contribution < -0.4 is 0 Å². The lowest BCUT2D eigenvalue weighted by molar-refractivity contribution is -0.385. The number of likely N-dealkylation sites (N-methyl/N-ethyl adjacent to an activating group) is 1. The molecule has 0 fully saturated rings. The molecular weight excluding hydrogens is 213 g/mol. The fourth-order valence-electron chi connectivity index (χ4n) is 1.62. The van der Waals surface area contributed by atoms with Gasteiger partial charge < -0.3 is 4.90 Å². The van der Waals surface area contributed by atoms with Crippen LogP contribution in [0.4, 0.5) is 10.1 Å². The van der Waals surface area contributed by atoms with Gasteiger partial charge in [-0.25, -0.2) is 4.39 Å². The minimum atomic E-state index is -0.618. The molecule has 2 rings (SSSR count). The van der Waals surface area contributed by atoms with Crippen molar-refractivity contribution in [1.82, 2.24) is 4.90 Å². The van der Waals surface area contributed by atoms with Crippen LogP contribution in [-0.2, 0) is 0 Å². The number of hydrogen-bond acceptors (Lipinski definition) is 4. The maximum absolute atomic E-state index is 13.6. The van der Waals surface area contributed by atoms with Crippen LogP contribution in [0.2, 0.25) is 0 Å². The van der Waals surface area contributed by atoms with Crippen LogP contribution in [0.3, 0.4) is 0 Å². The van der Waals surface area contributed by atoms with Gasteiger partial charge in [-0.15, -0.1) is 0 Å². The zero-order valence-corrected chi connectivity index (χ0v) is 8.68. The Balaban J connectivity index is 2.40. The van der Waals surface area contributed by atoms with Gasteiger partial charge >= 0.3 is 0 Å². The van der Waals surface area contributed by atoms with Crippen molar-refractivity contribution < 1.29 is 9.31 Å². The summed E-state index contributed by atoms with van der Waals surface area (Å²) in [4.78, 5) is 15.8. The summed E-state index contributed by atoms with van der Waals surface area (Å²) >= 11 is 0. The van der Waals surface area contributed by atoms with E-state index in [1.165, 1.54) is 12.1 Å². The first-order valence-corrected chi connectivity index (χ1v) is 4.79. The highest BCUT2D eigenvalue weighted by Gasteiger charge is 2.20. The second-order valence-electron chi connectivity index (χ2n) is 3.55. The second-order valence-corrected chi connectivity index (χ2v) is 3.55. The zero-order chi connectivity index (χ0) is 11.7. The third-order valence-electron chi connectivity index (χ3n) is 2.46. The molecule has 0 radical (unpaired) electrons. The summed E-state index contributed by atoms with van der Waals surface area (Å²) < 4.78 is 13.6. The Labute approximate surface area is 91.4 Å². The summed E-state index contributed by atoms with van der Waals surface area (Å²) in [5, 5.41) is 10.4. The average Bonchev–Trinajstić information content (AvgIpc) is 2.64. The van der Waals surface area contributed by atoms with Crippen LogP contribution in [0.15, 0.2) is 23.2 Å². The van der Waals surface area contributed by atoms with Crippen molar-refractivity contribution in [3.05, 3.63) is 39.7 Å². The number of non-ortho nitro benzene ring substituents is 1. The van der Waals surface area contributed by atoms with Crippen molar-refractivity contribution in [1.29, 1.82) is 0 Å². The summed E-state index contributed by atoms with van der Waals surface area (Å²) in [6.45, 7) is 1.37.